The van der Waals surface area contributed by atoms with Crippen molar-refractivity contribution in [1.29, 1.82) is 0 Å². The van der Waals surface area contributed by atoms with Crippen molar-refractivity contribution < 1.29 is 9.47 Å². The minimum absolute atomic E-state index is 0.472. The van der Waals surface area contributed by atoms with Gasteiger partial charge < -0.3 is 20.1 Å². The molecule has 1 aliphatic heterocycles. The number of rotatable bonds is 4. The second-order valence-corrected chi connectivity index (χ2v) is 5.12. The fourth-order valence-electron chi connectivity index (χ4n) is 2.14. The maximum absolute atomic E-state index is 5.75. The molecule has 0 amide bonds. The van der Waals surface area contributed by atoms with Crippen LogP contribution in [0.25, 0.3) is 0 Å². The summed E-state index contributed by atoms with van der Waals surface area (Å²) in [5.74, 6) is 1.75. The fourth-order valence-corrected chi connectivity index (χ4v) is 2.89. The van der Waals surface area contributed by atoms with E-state index in [0.29, 0.717) is 17.5 Å². The number of aromatic nitrogens is 1. The second-order valence-electron chi connectivity index (χ2n) is 4.37. The first kappa shape index (κ1) is 12.4. The predicted molar refractivity (Wildman–Crippen MR) is 69.9 cm³/mol. The average molecular weight is 257 g/mol. The molecule has 17 heavy (non-hydrogen) atoms. The topological polar surface area (TPSA) is 60.6 Å². The summed E-state index contributed by atoms with van der Waals surface area (Å²) in [7, 11) is 3.67. The van der Waals surface area contributed by atoms with Crippen LogP contribution in [0.4, 0.5) is 10.8 Å². The van der Waals surface area contributed by atoms with Crippen molar-refractivity contribution in [2.45, 2.75) is 12.8 Å². The summed E-state index contributed by atoms with van der Waals surface area (Å²) in [5.41, 5.74) is 5.75. The molecule has 2 rings (SSSR count). The molecule has 0 aromatic carbocycles. The van der Waals surface area contributed by atoms with Gasteiger partial charge in [-0.25, -0.2) is 0 Å². The van der Waals surface area contributed by atoms with Gasteiger partial charge in [0.05, 0.1) is 13.7 Å². The molecule has 1 aromatic rings. The highest BCUT2D eigenvalue weighted by molar-refractivity contribution is 7.11. The Bertz CT molecular complexity index is 364. The smallest absolute Gasteiger partial charge is 0.197 e. The Labute approximate surface area is 106 Å². The Kier molecular flexibility index (Phi) is 4.06. The molecule has 1 atom stereocenters. The van der Waals surface area contributed by atoms with Crippen LogP contribution in [-0.4, -0.2) is 38.3 Å². The maximum Gasteiger partial charge on any atom is 0.197 e. The van der Waals surface area contributed by atoms with Gasteiger partial charge in [0.1, 0.15) is 0 Å². The van der Waals surface area contributed by atoms with Crippen LogP contribution >= 0.6 is 11.5 Å². The number of nitrogen functional groups attached to an aromatic ring is 1. The van der Waals surface area contributed by atoms with Crippen LogP contribution in [0.15, 0.2) is 0 Å². The Morgan fingerprint density at radius 3 is 3.12 bits per heavy atom. The van der Waals surface area contributed by atoms with Gasteiger partial charge in [-0.3, -0.25) is 0 Å². The summed E-state index contributed by atoms with van der Waals surface area (Å²) in [5, 5.41) is 0.996. The lowest BCUT2D eigenvalue weighted by atomic mass is 10.0. The van der Waals surface area contributed by atoms with Gasteiger partial charge in [-0.2, -0.15) is 4.37 Å². The molecule has 1 aromatic heterocycles. The molecule has 0 bridgehead atoms. The van der Waals surface area contributed by atoms with Crippen molar-refractivity contribution >= 4 is 22.4 Å². The van der Waals surface area contributed by atoms with Gasteiger partial charge in [0.15, 0.2) is 16.6 Å². The van der Waals surface area contributed by atoms with Crippen LogP contribution in [0.2, 0.25) is 0 Å². The number of methoxy groups -OCH3 is 1. The molecule has 2 N–H and O–H groups in total. The summed E-state index contributed by atoms with van der Waals surface area (Å²) in [4.78, 5) is 2.16. The molecule has 5 nitrogen and oxygen atoms in total. The van der Waals surface area contributed by atoms with Gasteiger partial charge in [0.2, 0.25) is 0 Å². The van der Waals surface area contributed by atoms with Crippen LogP contribution in [0.5, 0.6) is 5.75 Å². The molecule has 1 unspecified atom stereocenters. The van der Waals surface area contributed by atoms with Crippen molar-refractivity contribution in [1.82, 2.24) is 4.37 Å². The van der Waals surface area contributed by atoms with Crippen LogP contribution in [0.3, 0.4) is 0 Å². The maximum atomic E-state index is 5.75. The van der Waals surface area contributed by atoms with E-state index in [1.807, 2.05) is 7.05 Å². The zero-order valence-electron chi connectivity index (χ0n) is 10.3. The second kappa shape index (κ2) is 5.55. The number of anilines is 2. The van der Waals surface area contributed by atoms with Gasteiger partial charge in [-0.1, -0.05) is 0 Å². The van der Waals surface area contributed by atoms with Gasteiger partial charge in [0, 0.05) is 20.2 Å². The average Bonchev–Trinajstić information content (AvgIpc) is 2.71. The van der Waals surface area contributed by atoms with Crippen molar-refractivity contribution in [3.05, 3.63) is 0 Å². The SMILES string of the molecule is COc1c(N)nsc1N(C)CC1CCCOC1. The van der Waals surface area contributed by atoms with Crippen LogP contribution in [0, 0.1) is 5.92 Å². The van der Waals surface area contributed by atoms with Crippen LogP contribution in [0.1, 0.15) is 12.8 Å². The van der Waals surface area contributed by atoms with E-state index in [9.17, 15) is 0 Å². The zero-order chi connectivity index (χ0) is 12.3. The molecule has 2 heterocycles. The van der Waals surface area contributed by atoms with Gasteiger partial charge in [-0.15, -0.1) is 0 Å². The first-order valence-corrected chi connectivity index (χ1v) is 6.57. The summed E-state index contributed by atoms with van der Waals surface area (Å²) in [6.45, 7) is 2.70. The quantitative estimate of drug-likeness (QED) is 0.887. The minimum atomic E-state index is 0.472. The Balaban J connectivity index is 2.00. The van der Waals surface area contributed by atoms with Gasteiger partial charge in [-0.05, 0) is 30.3 Å². The fraction of sp³-hybridized carbons (Fsp3) is 0.727. The number of hydrogen-bond acceptors (Lipinski definition) is 6. The lowest BCUT2D eigenvalue weighted by molar-refractivity contribution is 0.0576. The van der Waals surface area contributed by atoms with Crippen LogP contribution < -0.4 is 15.4 Å². The van der Waals surface area contributed by atoms with Crippen molar-refractivity contribution in [3.8, 4) is 5.75 Å². The summed E-state index contributed by atoms with van der Waals surface area (Å²) < 4.78 is 14.9. The molecular formula is C11H19N3O2S. The predicted octanol–water partition coefficient (Wildman–Crippen LogP) is 1.60. The Morgan fingerprint density at radius 1 is 1.65 bits per heavy atom. The molecular weight excluding hydrogens is 238 g/mol. The molecule has 1 aliphatic rings. The number of nitrogens with zero attached hydrogens (tertiary/aromatic N) is 2. The molecule has 0 aliphatic carbocycles. The van der Waals surface area contributed by atoms with E-state index in [1.54, 1.807) is 7.11 Å². The highest BCUT2D eigenvalue weighted by atomic mass is 32.1. The molecule has 1 saturated heterocycles. The molecule has 0 saturated carbocycles. The van der Waals surface area contributed by atoms with Crippen molar-refractivity contribution in [2.24, 2.45) is 5.92 Å². The van der Waals surface area contributed by atoms with E-state index < -0.39 is 0 Å². The zero-order valence-corrected chi connectivity index (χ0v) is 11.1. The first-order valence-electron chi connectivity index (χ1n) is 5.80. The van der Waals surface area contributed by atoms with Crippen molar-refractivity contribution in [2.75, 3.05) is 44.5 Å². The molecule has 0 spiro atoms. The highest BCUT2D eigenvalue weighted by Crippen LogP contribution is 2.37. The summed E-state index contributed by atoms with van der Waals surface area (Å²) in [6, 6.07) is 0. The summed E-state index contributed by atoms with van der Waals surface area (Å²) in [6.07, 6.45) is 2.38. The molecule has 0 radical (unpaired) electrons. The minimum Gasteiger partial charge on any atom is -0.490 e. The third kappa shape index (κ3) is 2.81. The van der Waals surface area contributed by atoms with E-state index in [4.69, 9.17) is 15.2 Å². The van der Waals surface area contributed by atoms with E-state index in [1.165, 1.54) is 18.0 Å². The van der Waals surface area contributed by atoms with Crippen LogP contribution in [-0.2, 0) is 4.74 Å². The van der Waals surface area contributed by atoms with E-state index >= 15 is 0 Å². The third-order valence-electron chi connectivity index (χ3n) is 2.99. The molecule has 6 heteroatoms. The lowest BCUT2D eigenvalue weighted by Crippen LogP contribution is -2.30. The Hall–Kier alpha value is -1.01. The molecule has 1 fully saturated rings. The summed E-state index contributed by atoms with van der Waals surface area (Å²) >= 11 is 1.38. The molecule has 96 valence electrons. The Morgan fingerprint density at radius 2 is 2.47 bits per heavy atom. The van der Waals surface area contributed by atoms with Gasteiger partial charge >= 0.3 is 0 Å². The number of ether oxygens (including phenoxy) is 2. The van der Waals surface area contributed by atoms with E-state index in [-0.39, 0.29) is 0 Å². The number of nitrogens with two attached hydrogens (primary N) is 1. The van der Waals surface area contributed by atoms with E-state index in [0.717, 1.165) is 31.2 Å². The van der Waals surface area contributed by atoms with E-state index in [2.05, 4.69) is 9.27 Å². The highest BCUT2D eigenvalue weighted by Gasteiger charge is 2.20. The van der Waals surface area contributed by atoms with Crippen molar-refractivity contribution in [3.63, 3.8) is 0 Å². The normalized spacial score (nSPS) is 20.2. The first-order chi connectivity index (χ1) is 8.22. The lowest BCUT2D eigenvalue weighted by Gasteiger charge is -2.27. The number of hydrogen-bond donors (Lipinski definition) is 1. The monoisotopic (exact) mass is 257 g/mol. The standard InChI is InChI=1S/C11H19N3O2S/c1-14(6-8-4-3-5-16-7-8)11-9(15-2)10(12)13-17-11/h8H,3-7H2,1-2H3,(H2,12,13). The van der Waals surface area contributed by atoms with Gasteiger partial charge in [0.25, 0.3) is 0 Å². The largest absolute Gasteiger partial charge is 0.490 e. The third-order valence-corrected chi connectivity index (χ3v) is 3.95.